The number of hydrogen-bond donors (Lipinski definition) is 0. The Labute approximate surface area is 117 Å². The second-order valence-corrected chi connectivity index (χ2v) is 6.64. The maximum absolute atomic E-state index is 12.1. The predicted molar refractivity (Wildman–Crippen MR) is 76.5 cm³/mol. The van der Waals surface area contributed by atoms with Crippen LogP contribution >= 0.6 is 0 Å². The van der Waals surface area contributed by atoms with Gasteiger partial charge in [-0.25, -0.2) is 0 Å². The molecule has 1 fully saturated rings. The number of para-hydroxylation sites is 1. The molecular weight excluding hydrogens is 258 g/mol. The van der Waals surface area contributed by atoms with Gasteiger partial charge in [0, 0.05) is 16.0 Å². The minimum Gasteiger partial charge on any atom is -0.491 e. The SMILES string of the molecule is N#Cc1ccccc1OCCS(=O)C1CCCCC1. The van der Waals surface area contributed by atoms with Crippen molar-refractivity contribution in [3.8, 4) is 11.8 Å². The molecule has 1 saturated carbocycles. The molecule has 3 nitrogen and oxygen atoms in total. The predicted octanol–water partition coefficient (Wildman–Crippen LogP) is 3.02. The minimum atomic E-state index is -0.797. The summed E-state index contributed by atoms with van der Waals surface area (Å²) in [6.07, 6.45) is 5.85. The summed E-state index contributed by atoms with van der Waals surface area (Å²) in [5.74, 6) is 1.15. The quantitative estimate of drug-likeness (QED) is 0.831. The maximum atomic E-state index is 12.1. The largest absolute Gasteiger partial charge is 0.491 e. The van der Waals surface area contributed by atoms with Crippen LogP contribution in [0.15, 0.2) is 24.3 Å². The molecule has 0 bridgehead atoms. The summed E-state index contributed by atoms with van der Waals surface area (Å²) in [5, 5.41) is 9.29. The van der Waals surface area contributed by atoms with Crippen LogP contribution in [-0.4, -0.2) is 21.8 Å². The molecule has 0 aromatic heterocycles. The van der Waals surface area contributed by atoms with Gasteiger partial charge in [-0.15, -0.1) is 0 Å². The van der Waals surface area contributed by atoms with E-state index in [1.807, 2.05) is 12.1 Å². The van der Waals surface area contributed by atoms with Crippen molar-refractivity contribution < 1.29 is 8.95 Å². The molecule has 1 aromatic rings. The Hall–Kier alpha value is -1.34. The zero-order valence-electron chi connectivity index (χ0n) is 11.0. The first-order chi connectivity index (χ1) is 9.31. The summed E-state index contributed by atoms with van der Waals surface area (Å²) in [6.45, 7) is 0.418. The van der Waals surface area contributed by atoms with Crippen molar-refractivity contribution in [2.75, 3.05) is 12.4 Å². The Balaban J connectivity index is 1.80. The Morgan fingerprint density at radius 3 is 2.74 bits per heavy atom. The van der Waals surface area contributed by atoms with Gasteiger partial charge >= 0.3 is 0 Å². The van der Waals surface area contributed by atoms with Crippen molar-refractivity contribution in [2.45, 2.75) is 37.4 Å². The van der Waals surface area contributed by atoms with E-state index in [0.29, 0.717) is 28.9 Å². The highest BCUT2D eigenvalue weighted by Gasteiger charge is 2.19. The summed E-state index contributed by atoms with van der Waals surface area (Å²) in [5.41, 5.74) is 0.533. The number of hydrogen-bond acceptors (Lipinski definition) is 3. The second kappa shape index (κ2) is 7.30. The van der Waals surface area contributed by atoms with Crippen LogP contribution in [0.5, 0.6) is 5.75 Å². The van der Waals surface area contributed by atoms with Crippen LogP contribution < -0.4 is 4.74 Å². The Bertz CT molecular complexity index is 475. The Morgan fingerprint density at radius 1 is 1.26 bits per heavy atom. The molecule has 4 heteroatoms. The van der Waals surface area contributed by atoms with Crippen LogP contribution in [0.2, 0.25) is 0 Å². The number of ether oxygens (including phenoxy) is 1. The number of benzene rings is 1. The first-order valence-corrected chi connectivity index (χ1v) is 8.18. The smallest absolute Gasteiger partial charge is 0.137 e. The molecule has 1 aliphatic rings. The van der Waals surface area contributed by atoms with Crippen LogP contribution in [0, 0.1) is 11.3 Å². The van der Waals surface area contributed by atoms with Crippen LogP contribution in [0.1, 0.15) is 37.7 Å². The van der Waals surface area contributed by atoms with Crippen molar-refractivity contribution in [3.63, 3.8) is 0 Å². The van der Waals surface area contributed by atoms with Crippen LogP contribution in [0.3, 0.4) is 0 Å². The number of nitriles is 1. The lowest BCUT2D eigenvalue weighted by Crippen LogP contribution is -2.23. The molecule has 102 valence electrons. The van der Waals surface area contributed by atoms with Crippen molar-refractivity contribution in [3.05, 3.63) is 29.8 Å². The van der Waals surface area contributed by atoms with Gasteiger partial charge in [0.2, 0.25) is 0 Å². The van der Waals surface area contributed by atoms with Gasteiger partial charge in [0.15, 0.2) is 0 Å². The van der Waals surface area contributed by atoms with Gasteiger partial charge in [0.05, 0.1) is 17.9 Å². The molecular formula is C15H19NO2S. The highest BCUT2D eigenvalue weighted by Crippen LogP contribution is 2.22. The Morgan fingerprint density at radius 2 is 2.00 bits per heavy atom. The monoisotopic (exact) mass is 277 g/mol. The van der Waals surface area contributed by atoms with E-state index >= 15 is 0 Å². The van der Waals surface area contributed by atoms with Crippen molar-refractivity contribution in [2.24, 2.45) is 0 Å². The van der Waals surface area contributed by atoms with E-state index in [0.717, 1.165) is 12.8 Å². The van der Waals surface area contributed by atoms with Crippen LogP contribution in [0.4, 0.5) is 0 Å². The third kappa shape index (κ3) is 4.07. The molecule has 0 amide bonds. The van der Waals surface area contributed by atoms with Gasteiger partial charge in [-0.2, -0.15) is 5.26 Å². The lowest BCUT2D eigenvalue weighted by molar-refractivity contribution is 0.341. The number of rotatable bonds is 5. The van der Waals surface area contributed by atoms with Gasteiger partial charge in [0.25, 0.3) is 0 Å². The summed E-state index contributed by atoms with van der Waals surface area (Å²) in [4.78, 5) is 0. The number of nitrogens with zero attached hydrogens (tertiary/aromatic N) is 1. The molecule has 0 heterocycles. The standard InChI is InChI=1S/C15H19NO2S/c16-12-13-6-4-5-9-15(13)18-10-11-19(17)14-7-2-1-3-8-14/h4-6,9,14H,1-3,7-8,10-11H2. The molecule has 19 heavy (non-hydrogen) atoms. The van der Waals surface area contributed by atoms with Crippen molar-refractivity contribution in [1.82, 2.24) is 0 Å². The van der Waals surface area contributed by atoms with Crippen molar-refractivity contribution >= 4 is 10.8 Å². The fourth-order valence-electron chi connectivity index (χ4n) is 2.41. The topological polar surface area (TPSA) is 50.1 Å². The summed E-state index contributed by atoms with van der Waals surface area (Å²) >= 11 is 0. The van der Waals surface area contributed by atoms with E-state index in [1.165, 1.54) is 19.3 Å². The molecule has 1 aliphatic carbocycles. The van der Waals surface area contributed by atoms with E-state index < -0.39 is 10.8 Å². The second-order valence-electron chi connectivity index (χ2n) is 4.80. The van der Waals surface area contributed by atoms with E-state index in [9.17, 15) is 4.21 Å². The first kappa shape index (κ1) is 14.1. The summed E-state index contributed by atoms with van der Waals surface area (Å²) in [6, 6.07) is 9.26. The van der Waals surface area contributed by atoms with Gasteiger partial charge in [-0.3, -0.25) is 4.21 Å². The van der Waals surface area contributed by atoms with Gasteiger partial charge in [-0.05, 0) is 25.0 Å². The van der Waals surface area contributed by atoms with Gasteiger partial charge in [-0.1, -0.05) is 31.4 Å². The summed E-state index contributed by atoms with van der Waals surface area (Å²) < 4.78 is 17.7. The highest BCUT2D eigenvalue weighted by atomic mass is 32.2. The van der Waals surface area contributed by atoms with Crippen LogP contribution in [0.25, 0.3) is 0 Å². The zero-order chi connectivity index (χ0) is 13.5. The zero-order valence-corrected chi connectivity index (χ0v) is 11.8. The normalized spacial score (nSPS) is 17.6. The average Bonchev–Trinajstić information content (AvgIpc) is 2.48. The molecule has 0 spiro atoms. The highest BCUT2D eigenvalue weighted by molar-refractivity contribution is 7.85. The third-order valence-corrected chi connectivity index (χ3v) is 5.26. The fraction of sp³-hybridized carbons (Fsp3) is 0.533. The van der Waals surface area contributed by atoms with Gasteiger partial charge < -0.3 is 4.74 Å². The van der Waals surface area contributed by atoms with E-state index in [-0.39, 0.29) is 0 Å². The Kier molecular flexibility index (Phi) is 5.41. The molecule has 0 saturated heterocycles. The molecule has 2 rings (SSSR count). The van der Waals surface area contributed by atoms with E-state index in [2.05, 4.69) is 6.07 Å². The molecule has 1 unspecified atom stereocenters. The molecule has 0 N–H and O–H groups in total. The minimum absolute atomic E-state index is 0.351. The average molecular weight is 277 g/mol. The first-order valence-electron chi connectivity index (χ1n) is 6.80. The van der Waals surface area contributed by atoms with Crippen LogP contribution in [-0.2, 0) is 10.8 Å². The van der Waals surface area contributed by atoms with Gasteiger partial charge in [0.1, 0.15) is 11.8 Å². The molecule has 1 atom stereocenters. The lowest BCUT2D eigenvalue weighted by atomic mass is 10.0. The maximum Gasteiger partial charge on any atom is 0.137 e. The van der Waals surface area contributed by atoms with E-state index in [4.69, 9.17) is 10.00 Å². The lowest BCUT2D eigenvalue weighted by Gasteiger charge is -2.20. The molecule has 0 radical (unpaired) electrons. The molecule has 1 aromatic carbocycles. The van der Waals surface area contributed by atoms with E-state index in [1.54, 1.807) is 12.1 Å². The molecule has 0 aliphatic heterocycles. The third-order valence-electron chi connectivity index (χ3n) is 3.47. The van der Waals surface area contributed by atoms with Crippen molar-refractivity contribution in [1.29, 1.82) is 5.26 Å². The fourth-order valence-corrected chi connectivity index (χ4v) is 3.85. The summed E-state index contributed by atoms with van der Waals surface area (Å²) in [7, 11) is -0.797.